The van der Waals surface area contributed by atoms with Crippen LogP contribution in [0.2, 0.25) is 0 Å². The zero-order valence-electron chi connectivity index (χ0n) is 19.1. The van der Waals surface area contributed by atoms with Crippen LogP contribution in [0.5, 0.6) is 5.75 Å². The molecule has 2 atom stereocenters. The Balaban J connectivity index is 1.91. The Kier molecular flexibility index (Phi) is 8.77. The van der Waals surface area contributed by atoms with Gasteiger partial charge in [-0.1, -0.05) is 12.1 Å². The van der Waals surface area contributed by atoms with Crippen molar-refractivity contribution < 1.29 is 38.8 Å². The van der Waals surface area contributed by atoms with Crippen LogP contribution in [0.25, 0.3) is 0 Å². The van der Waals surface area contributed by atoms with Gasteiger partial charge in [0.15, 0.2) is 0 Å². The fourth-order valence-electron chi connectivity index (χ4n) is 3.21. The summed E-state index contributed by atoms with van der Waals surface area (Å²) in [7, 11) is 0. The minimum absolute atomic E-state index is 0.0747. The molecule has 2 unspecified atom stereocenters. The van der Waals surface area contributed by atoms with Gasteiger partial charge in [0.1, 0.15) is 18.0 Å². The highest BCUT2D eigenvalue weighted by molar-refractivity contribution is 6.12. The number of aliphatic hydroxyl groups excluding tert-OH is 1. The van der Waals surface area contributed by atoms with Gasteiger partial charge in [0, 0.05) is 19.4 Å². The molecule has 0 spiro atoms. The van der Waals surface area contributed by atoms with Crippen LogP contribution in [0, 0.1) is 0 Å². The maximum atomic E-state index is 12.8. The van der Waals surface area contributed by atoms with Gasteiger partial charge in [-0.2, -0.15) is 4.90 Å². The summed E-state index contributed by atoms with van der Waals surface area (Å²) >= 11 is 0. The van der Waals surface area contributed by atoms with Crippen LogP contribution in [-0.4, -0.2) is 70.7 Å². The Bertz CT molecular complexity index is 797. The van der Waals surface area contributed by atoms with Gasteiger partial charge < -0.3 is 24.4 Å². The number of amides is 3. The normalized spacial score (nSPS) is 18.9. The van der Waals surface area contributed by atoms with E-state index in [1.54, 1.807) is 52.0 Å². The largest absolute Gasteiger partial charge is 0.491 e. The van der Waals surface area contributed by atoms with Gasteiger partial charge in [-0.05, 0) is 51.8 Å². The molecular weight excluding hydrogens is 418 g/mol. The first-order valence-corrected chi connectivity index (χ1v) is 10.7. The molecule has 178 valence electrons. The van der Waals surface area contributed by atoms with Crippen molar-refractivity contribution in [2.45, 2.75) is 64.1 Å². The summed E-state index contributed by atoms with van der Waals surface area (Å²) in [5.41, 5.74) is -1.22. The molecule has 3 amide bonds. The van der Waals surface area contributed by atoms with E-state index in [9.17, 15) is 19.5 Å². The second kappa shape index (κ2) is 10.9. The number of ether oxygens (including phenoxy) is 3. The molecule has 0 saturated carbocycles. The van der Waals surface area contributed by atoms with Crippen molar-refractivity contribution in [3.05, 3.63) is 29.8 Å². The van der Waals surface area contributed by atoms with Crippen LogP contribution in [0.4, 0.5) is 4.79 Å². The molecule has 9 nitrogen and oxygen atoms in total. The molecule has 0 bridgehead atoms. The van der Waals surface area contributed by atoms with Gasteiger partial charge in [-0.25, -0.2) is 4.79 Å². The number of carbonyl (C=O) groups is 3. The minimum atomic E-state index is -1.09. The van der Waals surface area contributed by atoms with Crippen LogP contribution in [0.3, 0.4) is 0 Å². The molecule has 1 heterocycles. The first kappa shape index (κ1) is 25.8. The number of carbonyl (C=O) groups excluding carboxylic acids is 3. The van der Waals surface area contributed by atoms with E-state index in [1.807, 2.05) is 0 Å². The number of nitrogens with zero attached hydrogens (tertiary/aromatic N) is 1. The second-order valence-corrected chi connectivity index (χ2v) is 9.08. The quantitative estimate of drug-likeness (QED) is 0.433. The number of benzene rings is 1. The van der Waals surface area contributed by atoms with E-state index in [-0.39, 0.29) is 39.3 Å². The molecule has 2 N–H and O–H groups in total. The zero-order chi connectivity index (χ0) is 23.9. The SMILES string of the molecule is CC(O)(CCO)COCCOc1ccc(C2CCC(=O)N(C(=O)OC(C)(C)C)C2=O)cc1. The molecule has 0 radical (unpaired) electrons. The number of aliphatic hydroxyl groups is 2. The van der Waals surface area contributed by atoms with Crippen molar-refractivity contribution in [1.82, 2.24) is 4.90 Å². The van der Waals surface area contributed by atoms with Gasteiger partial charge in [-0.3, -0.25) is 9.59 Å². The van der Waals surface area contributed by atoms with Gasteiger partial charge in [0.25, 0.3) is 0 Å². The third-order valence-corrected chi connectivity index (χ3v) is 4.83. The van der Waals surface area contributed by atoms with Crippen molar-refractivity contribution in [3.63, 3.8) is 0 Å². The zero-order valence-corrected chi connectivity index (χ0v) is 19.1. The van der Waals surface area contributed by atoms with Crippen LogP contribution >= 0.6 is 0 Å². The number of hydrogen-bond donors (Lipinski definition) is 2. The van der Waals surface area contributed by atoms with Crippen LogP contribution < -0.4 is 4.74 Å². The van der Waals surface area contributed by atoms with Gasteiger partial charge >= 0.3 is 6.09 Å². The summed E-state index contributed by atoms with van der Waals surface area (Å²) in [6.07, 6.45) is -0.328. The van der Waals surface area contributed by atoms with E-state index in [1.165, 1.54) is 0 Å². The predicted octanol–water partition coefficient (Wildman–Crippen LogP) is 2.38. The summed E-state index contributed by atoms with van der Waals surface area (Å²) in [5, 5.41) is 18.8. The lowest BCUT2D eigenvalue weighted by atomic mass is 9.89. The number of likely N-dealkylation sites (tertiary alicyclic amines) is 1. The fraction of sp³-hybridized carbons (Fsp3) is 0.609. The average Bonchev–Trinajstić information content (AvgIpc) is 2.67. The lowest BCUT2D eigenvalue weighted by molar-refractivity contribution is -0.147. The van der Waals surface area contributed by atoms with Crippen molar-refractivity contribution in [1.29, 1.82) is 0 Å². The molecular formula is C23H33NO8. The van der Waals surface area contributed by atoms with Gasteiger partial charge in [0.2, 0.25) is 11.8 Å². The summed E-state index contributed by atoms with van der Waals surface area (Å²) in [6, 6.07) is 6.87. The topological polar surface area (TPSA) is 123 Å². The highest BCUT2D eigenvalue weighted by Gasteiger charge is 2.41. The Labute approximate surface area is 188 Å². The number of piperidine rings is 1. The van der Waals surface area contributed by atoms with Crippen LogP contribution in [-0.2, 0) is 19.1 Å². The lowest BCUT2D eigenvalue weighted by Gasteiger charge is -2.31. The monoisotopic (exact) mass is 451 g/mol. The van der Waals surface area contributed by atoms with Crippen molar-refractivity contribution in [2.24, 2.45) is 0 Å². The molecule has 1 aromatic carbocycles. The molecule has 0 aliphatic carbocycles. The number of hydrogen-bond acceptors (Lipinski definition) is 8. The van der Waals surface area contributed by atoms with Gasteiger partial charge in [0.05, 0.1) is 24.7 Å². The second-order valence-electron chi connectivity index (χ2n) is 9.08. The van der Waals surface area contributed by atoms with Crippen LogP contribution in [0.1, 0.15) is 58.4 Å². The van der Waals surface area contributed by atoms with Gasteiger partial charge in [-0.15, -0.1) is 0 Å². The molecule has 1 saturated heterocycles. The Hall–Kier alpha value is -2.49. The molecule has 9 heteroatoms. The highest BCUT2D eigenvalue weighted by Crippen LogP contribution is 2.31. The van der Waals surface area contributed by atoms with Crippen LogP contribution in [0.15, 0.2) is 24.3 Å². The first-order valence-electron chi connectivity index (χ1n) is 10.7. The fourth-order valence-corrected chi connectivity index (χ4v) is 3.21. The molecule has 32 heavy (non-hydrogen) atoms. The molecule has 1 aromatic rings. The standard InChI is InChI=1S/C23H33NO8/c1-22(2,3)32-21(28)24-19(26)10-9-18(20(24)27)16-5-7-17(8-6-16)31-14-13-30-15-23(4,29)11-12-25/h5-8,18,25,29H,9-15H2,1-4H3. The molecule has 2 rings (SSSR count). The van der Waals surface area contributed by atoms with E-state index in [2.05, 4.69) is 0 Å². The third kappa shape index (κ3) is 7.58. The van der Waals surface area contributed by atoms with Crippen molar-refractivity contribution in [2.75, 3.05) is 26.4 Å². The maximum Gasteiger partial charge on any atom is 0.424 e. The summed E-state index contributed by atoms with van der Waals surface area (Å²) in [6.45, 7) is 7.09. The Morgan fingerprint density at radius 1 is 1.12 bits per heavy atom. The van der Waals surface area contributed by atoms with E-state index < -0.39 is 35.0 Å². The molecule has 1 aliphatic rings. The molecule has 1 aliphatic heterocycles. The van der Waals surface area contributed by atoms with E-state index in [0.29, 0.717) is 22.6 Å². The average molecular weight is 452 g/mol. The van der Waals surface area contributed by atoms with Crippen molar-refractivity contribution >= 4 is 17.9 Å². The summed E-state index contributed by atoms with van der Waals surface area (Å²) in [4.78, 5) is 38.0. The summed E-state index contributed by atoms with van der Waals surface area (Å²) in [5.74, 6) is -1.19. The Morgan fingerprint density at radius 2 is 1.78 bits per heavy atom. The Morgan fingerprint density at radius 3 is 2.38 bits per heavy atom. The van der Waals surface area contributed by atoms with E-state index in [4.69, 9.17) is 19.3 Å². The molecule has 0 aromatic heterocycles. The third-order valence-electron chi connectivity index (χ3n) is 4.83. The van der Waals surface area contributed by atoms with E-state index >= 15 is 0 Å². The predicted molar refractivity (Wildman–Crippen MR) is 115 cm³/mol. The lowest BCUT2D eigenvalue weighted by Crippen LogP contribution is -2.49. The molecule has 1 fully saturated rings. The maximum absolute atomic E-state index is 12.8. The minimum Gasteiger partial charge on any atom is -0.491 e. The summed E-state index contributed by atoms with van der Waals surface area (Å²) < 4.78 is 16.2. The number of rotatable bonds is 9. The first-order chi connectivity index (χ1) is 14.9. The number of imide groups is 3. The van der Waals surface area contributed by atoms with E-state index in [0.717, 1.165) is 0 Å². The smallest absolute Gasteiger partial charge is 0.424 e. The highest BCUT2D eigenvalue weighted by atomic mass is 16.6. The van der Waals surface area contributed by atoms with Crippen molar-refractivity contribution in [3.8, 4) is 5.75 Å².